The maximum absolute atomic E-state index is 10.8. The molecular formula is C14H32N2O3. The summed E-state index contributed by atoms with van der Waals surface area (Å²) in [5.74, 6) is 1.06. The molecule has 5 heteroatoms. The molecule has 0 radical (unpaired) electrons. The molecule has 0 aliphatic rings. The zero-order valence-corrected chi connectivity index (χ0v) is 13.7. The van der Waals surface area contributed by atoms with Crippen LogP contribution in [0.2, 0.25) is 0 Å². The maximum atomic E-state index is 10.8. The Hall–Kier alpha value is -1.26. The first-order valence-corrected chi connectivity index (χ1v) is 6.86. The van der Waals surface area contributed by atoms with Crippen LogP contribution < -0.4 is 11.1 Å². The Balaban J connectivity index is -0.000000239. The SMILES string of the molecule is CC.CC(C)COC(N)=O.CNC(=O)C(C)C(C)C. The van der Waals surface area contributed by atoms with Crippen LogP contribution in [-0.2, 0) is 9.53 Å². The van der Waals surface area contributed by atoms with Crippen LogP contribution in [0.1, 0.15) is 48.5 Å². The Kier molecular flexibility index (Phi) is 17.8. The summed E-state index contributed by atoms with van der Waals surface area (Å²) in [6.07, 6.45) is -0.696. The summed E-state index contributed by atoms with van der Waals surface area (Å²) in [5.41, 5.74) is 4.68. The van der Waals surface area contributed by atoms with E-state index in [1.54, 1.807) is 7.05 Å². The van der Waals surface area contributed by atoms with Crippen LogP contribution in [0.5, 0.6) is 0 Å². The number of rotatable bonds is 4. The molecule has 5 nitrogen and oxygen atoms in total. The average Bonchev–Trinajstić information content (AvgIpc) is 2.37. The molecule has 0 aromatic carbocycles. The summed E-state index contributed by atoms with van der Waals surface area (Å²) in [6, 6.07) is 0. The number of hydrogen-bond acceptors (Lipinski definition) is 3. The highest BCUT2D eigenvalue weighted by molar-refractivity contribution is 5.78. The van der Waals surface area contributed by atoms with Gasteiger partial charge in [0.2, 0.25) is 5.91 Å². The van der Waals surface area contributed by atoms with Crippen molar-refractivity contribution < 1.29 is 14.3 Å². The van der Waals surface area contributed by atoms with Gasteiger partial charge in [0.25, 0.3) is 0 Å². The second kappa shape index (κ2) is 14.8. The van der Waals surface area contributed by atoms with Crippen LogP contribution in [0, 0.1) is 17.8 Å². The highest BCUT2D eigenvalue weighted by Gasteiger charge is 2.13. The minimum absolute atomic E-state index is 0.130. The third kappa shape index (κ3) is 19.3. The Bertz CT molecular complexity index is 229. The van der Waals surface area contributed by atoms with Gasteiger partial charge in [0, 0.05) is 13.0 Å². The molecule has 19 heavy (non-hydrogen) atoms. The van der Waals surface area contributed by atoms with Gasteiger partial charge >= 0.3 is 6.09 Å². The summed E-state index contributed by atoms with van der Waals surface area (Å²) >= 11 is 0. The van der Waals surface area contributed by atoms with E-state index in [9.17, 15) is 9.59 Å². The van der Waals surface area contributed by atoms with E-state index in [2.05, 4.69) is 15.8 Å². The van der Waals surface area contributed by atoms with E-state index in [1.807, 2.05) is 48.5 Å². The molecule has 0 aromatic heterocycles. The predicted octanol–water partition coefficient (Wildman–Crippen LogP) is 2.79. The number of carbonyl (C=O) groups excluding carboxylic acids is 2. The summed E-state index contributed by atoms with van der Waals surface area (Å²) < 4.78 is 4.44. The molecule has 116 valence electrons. The van der Waals surface area contributed by atoms with Crippen LogP contribution in [0.25, 0.3) is 0 Å². The van der Waals surface area contributed by atoms with Crippen LogP contribution >= 0.6 is 0 Å². The fourth-order valence-electron chi connectivity index (χ4n) is 0.779. The Morgan fingerprint density at radius 3 is 1.63 bits per heavy atom. The minimum atomic E-state index is -0.696. The van der Waals surface area contributed by atoms with Crippen molar-refractivity contribution in [2.24, 2.45) is 23.5 Å². The van der Waals surface area contributed by atoms with E-state index in [0.717, 1.165) is 0 Å². The monoisotopic (exact) mass is 276 g/mol. The normalized spacial score (nSPS) is 10.6. The molecule has 0 rings (SSSR count). The molecule has 0 aliphatic carbocycles. The number of primary amides is 1. The van der Waals surface area contributed by atoms with Crippen molar-refractivity contribution in [3.8, 4) is 0 Å². The van der Waals surface area contributed by atoms with Crippen molar-refractivity contribution in [1.82, 2.24) is 5.32 Å². The molecule has 0 saturated carbocycles. The molecule has 0 spiro atoms. The average molecular weight is 276 g/mol. The van der Waals surface area contributed by atoms with Crippen LogP contribution in [0.3, 0.4) is 0 Å². The summed E-state index contributed by atoms with van der Waals surface area (Å²) in [5, 5.41) is 2.61. The van der Waals surface area contributed by atoms with Crippen molar-refractivity contribution in [2.75, 3.05) is 13.7 Å². The number of hydrogen-bond donors (Lipinski definition) is 2. The van der Waals surface area contributed by atoms with E-state index < -0.39 is 6.09 Å². The van der Waals surface area contributed by atoms with Gasteiger partial charge in [-0.25, -0.2) is 4.79 Å². The van der Waals surface area contributed by atoms with Gasteiger partial charge in [0.05, 0.1) is 6.61 Å². The van der Waals surface area contributed by atoms with Gasteiger partial charge in [-0.1, -0.05) is 48.5 Å². The summed E-state index contributed by atoms with van der Waals surface area (Å²) in [7, 11) is 1.67. The Morgan fingerprint density at radius 2 is 1.53 bits per heavy atom. The lowest BCUT2D eigenvalue weighted by molar-refractivity contribution is -0.125. The van der Waals surface area contributed by atoms with E-state index in [0.29, 0.717) is 18.4 Å². The van der Waals surface area contributed by atoms with Gasteiger partial charge < -0.3 is 15.8 Å². The van der Waals surface area contributed by atoms with E-state index in [4.69, 9.17) is 0 Å². The summed E-state index contributed by atoms with van der Waals surface area (Å²) in [4.78, 5) is 20.7. The second-order valence-electron chi connectivity index (χ2n) is 4.67. The standard InChI is InChI=1S/C7H15NO.C5H11NO2.C2H6/c1-5(2)6(3)7(9)8-4;1-4(2)3-8-5(6)7;1-2/h5-6H,1-4H3,(H,8,9);4H,3H2,1-2H3,(H2,6,7);1-2H3. The molecule has 0 fully saturated rings. The molecule has 0 aromatic rings. The maximum Gasteiger partial charge on any atom is 0.404 e. The van der Waals surface area contributed by atoms with E-state index in [-0.39, 0.29) is 11.8 Å². The molecule has 0 saturated heterocycles. The Morgan fingerprint density at radius 1 is 1.11 bits per heavy atom. The molecular weight excluding hydrogens is 244 g/mol. The lowest BCUT2D eigenvalue weighted by Gasteiger charge is -2.12. The first-order valence-electron chi connectivity index (χ1n) is 6.86. The molecule has 3 N–H and O–H groups in total. The number of carbonyl (C=O) groups is 2. The molecule has 0 aliphatic heterocycles. The van der Waals surface area contributed by atoms with Gasteiger partial charge in [0.15, 0.2) is 0 Å². The fourth-order valence-corrected chi connectivity index (χ4v) is 0.779. The zero-order valence-electron chi connectivity index (χ0n) is 13.7. The van der Waals surface area contributed by atoms with Crippen molar-refractivity contribution in [3.63, 3.8) is 0 Å². The number of amides is 2. The van der Waals surface area contributed by atoms with Crippen molar-refractivity contribution >= 4 is 12.0 Å². The molecule has 2 amide bonds. The van der Waals surface area contributed by atoms with Gasteiger partial charge in [-0.05, 0) is 11.8 Å². The molecule has 1 unspecified atom stereocenters. The van der Waals surface area contributed by atoms with Crippen molar-refractivity contribution in [2.45, 2.75) is 48.5 Å². The second-order valence-corrected chi connectivity index (χ2v) is 4.67. The quantitative estimate of drug-likeness (QED) is 0.828. The van der Waals surface area contributed by atoms with E-state index >= 15 is 0 Å². The lowest BCUT2D eigenvalue weighted by atomic mass is 9.98. The van der Waals surface area contributed by atoms with Crippen molar-refractivity contribution in [1.29, 1.82) is 0 Å². The van der Waals surface area contributed by atoms with E-state index in [1.165, 1.54) is 0 Å². The summed E-state index contributed by atoms with van der Waals surface area (Å²) in [6.45, 7) is 14.3. The van der Waals surface area contributed by atoms with Crippen LogP contribution in [0.15, 0.2) is 0 Å². The predicted molar refractivity (Wildman–Crippen MR) is 79.8 cm³/mol. The smallest absolute Gasteiger partial charge is 0.404 e. The number of nitrogens with two attached hydrogens (primary N) is 1. The van der Waals surface area contributed by atoms with Gasteiger partial charge in [-0.15, -0.1) is 0 Å². The number of ether oxygens (including phenoxy) is 1. The van der Waals surface area contributed by atoms with Crippen LogP contribution in [-0.4, -0.2) is 25.7 Å². The third-order valence-corrected chi connectivity index (χ3v) is 2.22. The highest BCUT2D eigenvalue weighted by Crippen LogP contribution is 2.08. The van der Waals surface area contributed by atoms with Gasteiger partial charge in [-0.3, -0.25) is 4.79 Å². The topological polar surface area (TPSA) is 81.4 Å². The van der Waals surface area contributed by atoms with Gasteiger partial charge in [0.1, 0.15) is 0 Å². The highest BCUT2D eigenvalue weighted by atomic mass is 16.5. The van der Waals surface area contributed by atoms with Crippen molar-refractivity contribution in [3.05, 3.63) is 0 Å². The third-order valence-electron chi connectivity index (χ3n) is 2.22. The molecule has 0 bridgehead atoms. The molecule has 0 heterocycles. The lowest BCUT2D eigenvalue weighted by Crippen LogP contribution is -2.28. The zero-order chi connectivity index (χ0) is 16.0. The molecule has 1 atom stereocenters. The largest absolute Gasteiger partial charge is 0.449 e. The van der Waals surface area contributed by atoms with Gasteiger partial charge in [-0.2, -0.15) is 0 Å². The number of nitrogens with one attached hydrogen (secondary N) is 1. The fraction of sp³-hybridized carbons (Fsp3) is 0.857. The first-order chi connectivity index (χ1) is 8.72. The first kappa shape index (κ1) is 22.9. The minimum Gasteiger partial charge on any atom is -0.449 e. The van der Waals surface area contributed by atoms with Crippen LogP contribution in [0.4, 0.5) is 4.79 Å². The Labute approximate surface area is 118 Å².